The monoisotopic (exact) mass is 449 g/mol. The van der Waals surface area contributed by atoms with Crippen LogP contribution in [0.15, 0.2) is 34.7 Å². The minimum Gasteiger partial charge on any atom is -0.434 e. The number of benzene rings is 1. The largest absolute Gasteiger partial charge is 0.434 e. The number of hydrogen-bond donors (Lipinski definition) is 1. The van der Waals surface area contributed by atoms with E-state index in [-0.39, 0.29) is 36.2 Å². The molecule has 0 spiro atoms. The van der Waals surface area contributed by atoms with Crippen LogP contribution in [0.1, 0.15) is 18.6 Å². The predicted molar refractivity (Wildman–Crippen MR) is 111 cm³/mol. The summed E-state index contributed by atoms with van der Waals surface area (Å²) in [6.45, 7) is 2.06. The summed E-state index contributed by atoms with van der Waals surface area (Å²) in [4.78, 5) is 16.4. The molecular weight excluding hydrogens is 429 g/mol. The first kappa shape index (κ1) is 21.1. The fourth-order valence-electron chi connectivity index (χ4n) is 3.37. The molecule has 0 saturated heterocycles. The quantitative estimate of drug-likeness (QED) is 0.654. The van der Waals surface area contributed by atoms with Crippen molar-refractivity contribution in [1.29, 1.82) is 0 Å². The van der Waals surface area contributed by atoms with Gasteiger partial charge in [-0.25, -0.2) is 17.6 Å². The molecule has 1 aromatic carbocycles. The first-order valence-corrected chi connectivity index (χ1v) is 11.3. The second kappa shape index (κ2) is 7.82. The molecule has 0 fully saturated rings. The van der Waals surface area contributed by atoms with Crippen molar-refractivity contribution < 1.29 is 31.5 Å². The first-order valence-electron chi connectivity index (χ1n) is 9.41. The Morgan fingerprint density at radius 3 is 2.68 bits per heavy atom. The Labute approximate surface area is 177 Å². The smallest absolute Gasteiger partial charge is 0.412 e. The van der Waals surface area contributed by atoms with E-state index in [0.717, 1.165) is 10.6 Å². The van der Waals surface area contributed by atoms with Gasteiger partial charge in [0.25, 0.3) is 0 Å². The average molecular weight is 449 g/mol. The summed E-state index contributed by atoms with van der Waals surface area (Å²) < 4.78 is 56.3. The first-order chi connectivity index (χ1) is 14.7. The van der Waals surface area contributed by atoms with E-state index in [4.69, 9.17) is 13.9 Å². The lowest BCUT2D eigenvalue weighted by atomic mass is 10.1. The number of rotatable bonds is 3. The molecule has 4 rings (SSSR count). The van der Waals surface area contributed by atoms with Crippen LogP contribution in [0.25, 0.3) is 22.4 Å². The van der Waals surface area contributed by atoms with Crippen LogP contribution in [0.2, 0.25) is 0 Å². The third kappa shape index (κ3) is 3.93. The Kier molecular flexibility index (Phi) is 5.31. The third-order valence-corrected chi connectivity index (χ3v) is 6.04. The molecule has 0 radical (unpaired) electrons. The molecule has 164 valence electrons. The lowest BCUT2D eigenvalue weighted by Crippen LogP contribution is -2.32. The molecule has 11 heteroatoms. The highest BCUT2D eigenvalue weighted by Gasteiger charge is 2.31. The number of sulfonamides is 1. The summed E-state index contributed by atoms with van der Waals surface area (Å²) in [5, 5.41) is 2.72. The fourth-order valence-corrected chi connectivity index (χ4v) is 4.24. The average Bonchev–Trinajstić information content (AvgIpc) is 2.97. The van der Waals surface area contributed by atoms with E-state index in [2.05, 4.69) is 10.3 Å². The maximum absolute atomic E-state index is 13.4. The summed E-state index contributed by atoms with van der Waals surface area (Å²) >= 11 is 0. The van der Waals surface area contributed by atoms with Gasteiger partial charge < -0.3 is 19.2 Å². The number of pyridine rings is 1. The fraction of sp³-hybridized carbons (Fsp3) is 0.300. The summed E-state index contributed by atoms with van der Waals surface area (Å²) in [6, 6.07) is 7.08. The van der Waals surface area contributed by atoms with E-state index >= 15 is 0 Å². The van der Waals surface area contributed by atoms with Crippen molar-refractivity contribution in [2.75, 3.05) is 30.8 Å². The summed E-state index contributed by atoms with van der Waals surface area (Å²) in [7, 11) is -2.22. The number of amides is 1. The number of carbonyl (C=O) groups excluding carboxylic acids is 1. The Bertz CT molecular complexity index is 1260. The Balaban J connectivity index is 1.99. The van der Waals surface area contributed by atoms with Crippen molar-refractivity contribution in [1.82, 2.24) is 10.3 Å². The molecule has 31 heavy (non-hydrogen) atoms. The molecule has 2 aromatic heterocycles. The summed E-state index contributed by atoms with van der Waals surface area (Å²) in [6.07, 6.45) is -0.107. The summed E-state index contributed by atoms with van der Waals surface area (Å²) in [5.74, 6) is -0.0107. The highest BCUT2D eigenvalue weighted by atomic mass is 32.2. The molecule has 1 unspecified atom stereocenters. The maximum Gasteiger partial charge on any atom is 0.412 e. The lowest BCUT2D eigenvalue weighted by Gasteiger charge is -2.20. The van der Waals surface area contributed by atoms with Crippen LogP contribution in [-0.4, -0.2) is 46.0 Å². The van der Waals surface area contributed by atoms with Crippen molar-refractivity contribution in [2.45, 2.75) is 13.0 Å². The topological polar surface area (TPSA) is 111 Å². The van der Waals surface area contributed by atoms with Crippen LogP contribution < -0.4 is 14.4 Å². The molecule has 3 aromatic rings. The van der Waals surface area contributed by atoms with Gasteiger partial charge in [-0.1, -0.05) is 0 Å². The zero-order valence-corrected chi connectivity index (χ0v) is 17.8. The zero-order valence-electron chi connectivity index (χ0n) is 17.0. The van der Waals surface area contributed by atoms with Crippen LogP contribution in [0.4, 0.5) is 15.0 Å². The van der Waals surface area contributed by atoms with Crippen molar-refractivity contribution in [3.8, 4) is 17.1 Å². The number of nitrogens with zero attached hydrogens (tertiary/aromatic N) is 2. The number of furan rings is 1. The molecular formula is C20H20FN3O6S. The predicted octanol–water partition coefficient (Wildman–Crippen LogP) is 3.21. The lowest BCUT2D eigenvalue weighted by molar-refractivity contribution is 0.0769. The van der Waals surface area contributed by atoms with E-state index in [1.165, 1.54) is 31.3 Å². The van der Waals surface area contributed by atoms with Crippen LogP contribution in [-0.2, 0) is 14.8 Å². The molecule has 1 aliphatic rings. The second-order valence-electron chi connectivity index (χ2n) is 7.01. The third-order valence-electron chi connectivity index (χ3n) is 4.89. The molecule has 0 bridgehead atoms. The van der Waals surface area contributed by atoms with Gasteiger partial charge in [-0.15, -0.1) is 0 Å². The number of anilines is 1. The second-order valence-corrected chi connectivity index (χ2v) is 8.92. The van der Waals surface area contributed by atoms with E-state index < -0.39 is 28.0 Å². The Morgan fingerprint density at radius 2 is 2.03 bits per heavy atom. The zero-order chi connectivity index (χ0) is 22.3. The van der Waals surface area contributed by atoms with Gasteiger partial charge in [0, 0.05) is 18.2 Å². The van der Waals surface area contributed by atoms with Crippen molar-refractivity contribution in [2.24, 2.45) is 0 Å². The molecule has 0 saturated carbocycles. The minimum atomic E-state index is -3.63. The molecule has 3 heterocycles. The van der Waals surface area contributed by atoms with E-state index in [1.54, 1.807) is 13.0 Å². The number of carbonyl (C=O) groups is 1. The van der Waals surface area contributed by atoms with Gasteiger partial charge in [0.2, 0.25) is 15.7 Å². The van der Waals surface area contributed by atoms with Crippen LogP contribution in [0, 0.1) is 5.82 Å². The maximum atomic E-state index is 13.4. The molecule has 1 atom stereocenters. The van der Waals surface area contributed by atoms with Gasteiger partial charge in [-0.2, -0.15) is 4.98 Å². The number of ether oxygens (including phenoxy) is 2. The number of hydrogen-bond acceptors (Lipinski definition) is 7. The highest BCUT2D eigenvalue weighted by molar-refractivity contribution is 7.92. The SMILES string of the molecule is CNC(=O)Oc1c(-c2ccc(F)cc2)oc2nc3c(cc12)C(C)OCCN3S(C)(=O)=O. The van der Waals surface area contributed by atoms with Gasteiger partial charge in [0.1, 0.15) is 5.82 Å². The van der Waals surface area contributed by atoms with Crippen LogP contribution >= 0.6 is 0 Å². The molecule has 0 aliphatic carbocycles. The van der Waals surface area contributed by atoms with Gasteiger partial charge in [0.15, 0.2) is 17.3 Å². The molecule has 1 N–H and O–H groups in total. The highest BCUT2D eigenvalue weighted by Crippen LogP contribution is 2.43. The molecule has 9 nitrogen and oxygen atoms in total. The van der Waals surface area contributed by atoms with E-state index in [0.29, 0.717) is 16.5 Å². The van der Waals surface area contributed by atoms with Crippen LogP contribution in [0.3, 0.4) is 0 Å². The van der Waals surface area contributed by atoms with E-state index in [1.807, 2.05) is 0 Å². The number of nitrogens with one attached hydrogen (secondary N) is 1. The number of fused-ring (bicyclic) bond motifs is 2. The normalized spacial score (nSPS) is 16.6. The Hall–Kier alpha value is -3.18. The van der Waals surface area contributed by atoms with Gasteiger partial charge in [-0.05, 0) is 37.3 Å². The summed E-state index contributed by atoms with van der Waals surface area (Å²) in [5.41, 5.74) is 1.03. The standard InChI is InChI=1S/C20H20FN3O6S/c1-11-14-10-15-17(30-20(25)22-2)16(12-4-6-13(21)7-5-12)29-19(15)23-18(14)24(8-9-28-11)31(3,26)27/h4-7,10-11H,8-9H2,1-3H3,(H,22,25). The number of aromatic nitrogens is 1. The van der Waals surface area contributed by atoms with Crippen molar-refractivity contribution >= 4 is 33.0 Å². The van der Waals surface area contributed by atoms with Crippen LogP contribution in [0.5, 0.6) is 5.75 Å². The minimum absolute atomic E-state index is 0.0692. The van der Waals surface area contributed by atoms with E-state index in [9.17, 15) is 17.6 Å². The molecule has 1 amide bonds. The van der Waals surface area contributed by atoms with Gasteiger partial charge >= 0.3 is 6.09 Å². The number of halogens is 1. The van der Waals surface area contributed by atoms with Crippen molar-refractivity contribution in [3.05, 3.63) is 41.7 Å². The van der Waals surface area contributed by atoms with Gasteiger partial charge in [-0.3, -0.25) is 4.31 Å². The molecule has 1 aliphatic heterocycles. The van der Waals surface area contributed by atoms with Gasteiger partial charge in [0.05, 0.1) is 30.9 Å². The Morgan fingerprint density at radius 1 is 1.32 bits per heavy atom. The van der Waals surface area contributed by atoms with Crippen molar-refractivity contribution in [3.63, 3.8) is 0 Å².